The maximum Gasteiger partial charge on any atom is 0.573 e. The van der Waals surface area contributed by atoms with Crippen LogP contribution in [0.15, 0.2) is 73.1 Å². The summed E-state index contributed by atoms with van der Waals surface area (Å²) in [7, 11) is 0. The molecule has 5 rings (SSSR count). The van der Waals surface area contributed by atoms with Gasteiger partial charge in [-0.05, 0) is 60.9 Å². The molecule has 1 fully saturated rings. The highest BCUT2D eigenvalue weighted by Gasteiger charge is 2.43. The molecule has 2 aliphatic rings. The van der Waals surface area contributed by atoms with Gasteiger partial charge in [-0.15, -0.1) is 13.2 Å². The van der Waals surface area contributed by atoms with Crippen LogP contribution >= 0.6 is 0 Å². The smallest absolute Gasteiger partial charge is 0.405 e. The van der Waals surface area contributed by atoms with Crippen molar-refractivity contribution in [3.8, 4) is 11.4 Å². The molecule has 5 nitrogen and oxygen atoms in total. The molecule has 0 saturated carbocycles. The number of aromatic nitrogens is 2. The van der Waals surface area contributed by atoms with Crippen molar-refractivity contribution in [3.63, 3.8) is 0 Å². The van der Waals surface area contributed by atoms with E-state index in [1.165, 1.54) is 289 Å². The highest BCUT2D eigenvalue weighted by Crippen LogP contribution is 2.45. The summed E-state index contributed by atoms with van der Waals surface area (Å²) in [6, 6.07) is 17.0. The molecular formula is C70H114F3N3O2. The van der Waals surface area contributed by atoms with Crippen molar-refractivity contribution >= 4 is 5.57 Å². The molecule has 1 N–H and O–H groups in total. The second kappa shape index (κ2) is 42.7. The fourth-order valence-electron chi connectivity index (χ4n) is 12.7. The first-order valence-corrected chi connectivity index (χ1v) is 33.5. The number of alkyl halides is 3. The minimum Gasteiger partial charge on any atom is -0.405 e. The van der Waals surface area contributed by atoms with Crippen LogP contribution in [-0.4, -0.2) is 34.9 Å². The Labute approximate surface area is 476 Å². The molecule has 442 valence electrons. The first kappa shape index (κ1) is 65.7. The van der Waals surface area contributed by atoms with E-state index in [4.69, 9.17) is 4.74 Å². The lowest BCUT2D eigenvalue weighted by atomic mass is 9.82. The van der Waals surface area contributed by atoms with Crippen LogP contribution in [0.2, 0.25) is 0 Å². The number of halogens is 3. The second-order valence-corrected chi connectivity index (χ2v) is 24.3. The molecule has 0 amide bonds. The zero-order chi connectivity index (χ0) is 54.7. The summed E-state index contributed by atoms with van der Waals surface area (Å²) >= 11 is 0. The van der Waals surface area contributed by atoms with Crippen molar-refractivity contribution in [2.75, 3.05) is 13.2 Å². The molecule has 0 aliphatic carbocycles. The molecule has 1 aromatic heterocycles. The molecular weight excluding hydrogens is 972 g/mol. The largest absolute Gasteiger partial charge is 0.573 e. The van der Waals surface area contributed by atoms with Gasteiger partial charge in [0.25, 0.3) is 0 Å². The highest BCUT2D eigenvalue weighted by molar-refractivity contribution is 5.75. The predicted octanol–water partition coefficient (Wildman–Crippen LogP) is 23.0. The summed E-state index contributed by atoms with van der Waals surface area (Å²) in [5, 5.41) is 8.33. The number of nitrogens with zero attached hydrogens (tertiary/aromatic N) is 2. The minimum atomic E-state index is -4.83. The maximum absolute atomic E-state index is 13.9. The van der Waals surface area contributed by atoms with Crippen LogP contribution in [-0.2, 0) is 4.74 Å². The number of rotatable bonds is 4. The van der Waals surface area contributed by atoms with Crippen LogP contribution in [0.25, 0.3) is 11.3 Å². The Morgan fingerprint density at radius 1 is 0.462 bits per heavy atom. The molecule has 0 bridgehead atoms. The van der Waals surface area contributed by atoms with Crippen molar-refractivity contribution in [1.82, 2.24) is 15.1 Å². The molecule has 1 spiro atoms. The van der Waals surface area contributed by atoms with Crippen LogP contribution in [0.5, 0.6) is 5.75 Å². The van der Waals surface area contributed by atoms with E-state index in [-0.39, 0.29) is 18.4 Å². The molecule has 8 heteroatoms. The van der Waals surface area contributed by atoms with Crippen LogP contribution in [0.3, 0.4) is 0 Å². The molecule has 3 heterocycles. The molecule has 3 aromatic rings. The maximum atomic E-state index is 13.9. The predicted molar refractivity (Wildman–Crippen MR) is 326 cm³/mol. The Bertz CT molecular complexity index is 1880. The van der Waals surface area contributed by atoms with Crippen molar-refractivity contribution in [2.45, 2.75) is 326 Å². The summed E-state index contributed by atoms with van der Waals surface area (Å²) in [5.41, 5.74) is 2.17. The third kappa shape index (κ3) is 29.6. The molecule has 0 unspecified atom stereocenters. The van der Waals surface area contributed by atoms with Gasteiger partial charge in [0.05, 0.1) is 18.3 Å². The summed E-state index contributed by atoms with van der Waals surface area (Å²) in [4.78, 5) is 0. The van der Waals surface area contributed by atoms with E-state index < -0.39 is 12.0 Å². The Morgan fingerprint density at radius 2 is 0.833 bits per heavy atom. The van der Waals surface area contributed by atoms with Gasteiger partial charge in [0.2, 0.25) is 0 Å². The van der Waals surface area contributed by atoms with E-state index in [1.54, 1.807) is 29.2 Å². The minimum absolute atomic E-state index is 0.159. The summed E-state index contributed by atoms with van der Waals surface area (Å²) in [5.74, 6) is -0.219. The standard InChI is InChI=1S/C70H114F3N3O2/c71-70(72,73)78-67-55-54-65(76-59-51-58-75-76)60-66(67)64-61-69(77-62-64)56-49-44-42-40-38-36-34-32-30-28-26-24-22-20-18-16-14-12-10-8-6-4-2-1-3-5-7-9-11-13-15-17-19-21-23-25-27-29-31-33-35-37-39-41-43-45-50-57-74-68(69)63-52-47-46-48-53-63/h46-48,51-55,58-61,68,74H,1-45,49-50,56-57,62H2/t68-,69+/m0/s1. The first-order chi connectivity index (χ1) is 38.4. The SMILES string of the molecule is FC(F)(F)Oc1ccc(-n2cccn2)cc1C1=C[C@@]2(CCCCCCCCCCCCCCCCCCCCCCCCCCCCCCCCCCCCCCCCCCCCCCCCCN[C@H]2c2ccccc2)OC1. The first-order valence-electron chi connectivity index (χ1n) is 33.5. The zero-order valence-corrected chi connectivity index (χ0v) is 49.7. The van der Waals surface area contributed by atoms with E-state index >= 15 is 0 Å². The summed E-state index contributed by atoms with van der Waals surface area (Å²) in [6.45, 7) is 1.05. The van der Waals surface area contributed by atoms with Gasteiger partial charge in [-0.1, -0.05) is 326 Å². The van der Waals surface area contributed by atoms with Crippen molar-refractivity contribution in [1.29, 1.82) is 0 Å². The average molecular weight is 1090 g/mol. The lowest BCUT2D eigenvalue weighted by molar-refractivity contribution is -0.274. The monoisotopic (exact) mass is 1090 g/mol. The van der Waals surface area contributed by atoms with Gasteiger partial charge in [0.15, 0.2) is 0 Å². The third-order valence-corrected chi connectivity index (χ3v) is 17.4. The van der Waals surface area contributed by atoms with Gasteiger partial charge >= 0.3 is 6.36 Å². The van der Waals surface area contributed by atoms with Crippen molar-refractivity contribution < 1.29 is 22.6 Å². The van der Waals surface area contributed by atoms with E-state index in [2.05, 4.69) is 45.5 Å². The van der Waals surface area contributed by atoms with Gasteiger partial charge < -0.3 is 14.8 Å². The Hall–Kier alpha value is -3.10. The number of hydrogen-bond donors (Lipinski definition) is 1. The van der Waals surface area contributed by atoms with Crippen molar-refractivity contribution in [3.05, 3.63) is 84.2 Å². The molecule has 78 heavy (non-hydrogen) atoms. The van der Waals surface area contributed by atoms with Gasteiger partial charge in [0.1, 0.15) is 11.4 Å². The molecule has 0 radical (unpaired) electrons. The van der Waals surface area contributed by atoms with E-state index in [0.29, 0.717) is 16.8 Å². The Balaban J connectivity index is 1.09. The highest BCUT2D eigenvalue weighted by atomic mass is 19.4. The Kier molecular flexibility index (Phi) is 36.0. The number of benzene rings is 2. The third-order valence-electron chi connectivity index (χ3n) is 17.4. The zero-order valence-electron chi connectivity index (χ0n) is 49.7. The van der Waals surface area contributed by atoms with Crippen molar-refractivity contribution in [2.24, 2.45) is 0 Å². The van der Waals surface area contributed by atoms with E-state index in [0.717, 1.165) is 37.8 Å². The topological polar surface area (TPSA) is 48.3 Å². The lowest BCUT2D eigenvalue weighted by Gasteiger charge is -2.37. The fraction of sp³-hybridized carbons (Fsp3) is 0.757. The van der Waals surface area contributed by atoms with Gasteiger partial charge in [-0.3, -0.25) is 0 Å². The lowest BCUT2D eigenvalue weighted by Crippen LogP contribution is -2.43. The Morgan fingerprint density at radius 3 is 1.19 bits per heavy atom. The fourth-order valence-corrected chi connectivity index (χ4v) is 12.7. The van der Waals surface area contributed by atoms with Gasteiger partial charge in [0, 0.05) is 18.0 Å². The van der Waals surface area contributed by atoms with Gasteiger partial charge in [-0.2, -0.15) is 5.10 Å². The number of nitrogens with one attached hydrogen (secondary N) is 1. The number of hydrogen-bond acceptors (Lipinski definition) is 4. The quantitative estimate of drug-likeness (QED) is 0.283. The van der Waals surface area contributed by atoms with Crippen LogP contribution < -0.4 is 10.1 Å². The molecule has 2 atom stereocenters. The average Bonchev–Trinajstić information content (AvgIpc) is 4.15. The molecule has 1 saturated heterocycles. The number of ether oxygens (including phenoxy) is 2. The van der Waals surface area contributed by atoms with Gasteiger partial charge in [-0.25, -0.2) is 4.68 Å². The van der Waals surface area contributed by atoms with E-state index in [9.17, 15) is 13.2 Å². The summed E-state index contributed by atoms with van der Waals surface area (Å²) < 4.78 is 55.1. The van der Waals surface area contributed by atoms with Crippen LogP contribution in [0.1, 0.15) is 325 Å². The normalized spacial score (nSPS) is 23.7. The molecule has 2 aliphatic heterocycles. The summed E-state index contributed by atoms with van der Waals surface area (Å²) in [6.07, 6.45) is 66.3. The van der Waals surface area contributed by atoms with Crippen LogP contribution in [0.4, 0.5) is 13.2 Å². The van der Waals surface area contributed by atoms with E-state index in [1.807, 2.05) is 12.1 Å². The second-order valence-electron chi connectivity index (χ2n) is 24.3. The van der Waals surface area contributed by atoms with Crippen LogP contribution in [0, 0.1) is 0 Å². The molecule has 2 aromatic carbocycles.